The van der Waals surface area contributed by atoms with Gasteiger partial charge in [0.2, 0.25) is 10.0 Å². The van der Waals surface area contributed by atoms with E-state index in [1.54, 1.807) is 0 Å². The predicted octanol–water partition coefficient (Wildman–Crippen LogP) is 0.0547. The molecule has 0 atom stereocenters. The van der Waals surface area contributed by atoms with Gasteiger partial charge in [-0.3, -0.25) is 14.9 Å². The van der Waals surface area contributed by atoms with Crippen LogP contribution >= 0.6 is 0 Å². The first kappa shape index (κ1) is 15.9. The molecule has 0 aromatic heterocycles. The van der Waals surface area contributed by atoms with Gasteiger partial charge in [-0.1, -0.05) is 0 Å². The average Bonchev–Trinajstić information content (AvgIpc) is 2.43. The standard InChI is InChI=1S/C10H12N2O7S/c1-18-8-4-3-7(12(14)15)5-9(8)20(16,17)11-6-10(13)19-2/h3-5,11H,6H2,1-2H3. The Morgan fingerprint density at radius 3 is 2.55 bits per heavy atom. The van der Waals surface area contributed by atoms with Gasteiger partial charge in [0.1, 0.15) is 17.2 Å². The highest BCUT2D eigenvalue weighted by molar-refractivity contribution is 7.89. The average molecular weight is 304 g/mol. The van der Waals surface area contributed by atoms with E-state index < -0.39 is 38.0 Å². The molecule has 0 fully saturated rings. The number of methoxy groups -OCH3 is 2. The van der Waals surface area contributed by atoms with Crippen LogP contribution in [0.1, 0.15) is 0 Å². The van der Waals surface area contributed by atoms with Gasteiger partial charge in [0.25, 0.3) is 5.69 Å². The smallest absolute Gasteiger partial charge is 0.320 e. The second-order valence-electron chi connectivity index (χ2n) is 3.49. The lowest BCUT2D eigenvalue weighted by atomic mass is 10.3. The molecule has 0 aliphatic rings. The molecule has 110 valence electrons. The fraction of sp³-hybridized carbons (Fsp3) is 0.300. The molecule has 0 amide bonds. The summed E-state index contributed by atoms with van der Waals surface area (Å²) in [6.45, 7) is -0.593. The maximum atomic E-state index is 12.0. The van der Waals surface area contributed by atoms with Gasteiger partial charge in [0.05, 0.1) is 19.1 Å². The lowest BCUT2D eigenvalue weighted by molar-refractivity contribution is -0.385. The van der Waals surface area contributed by atoms with Crippen LogP contribution in [0.4, 0.5) is 5.69 Å². The number of nitro groups is 1. The van der Waals surface area contributed by atoms with Gasteiger partial charge >= 0.3 is 5.97 Å². The summed E-state index contributed by atoms with van der Waals surface area (Å²) in [5.41, 5.74) is -0.413. The van der Waals surface area contributed by atoms with E-state index in [0.29, 0.717) is 0 Å². The van der Waals surface area contributed by atoms with E-state index in [1.165, 1.54) is 7.11 Å². The summed E-state index contributed by atoms with van der Waals surface area (Å²) >= 11 is 0. The first-order chi connectivity index (χ1) is 9.31. The minimum absolute atomic E-state index is 0.0760. The molecule has 1 rings (SSSR count). The first-order valence-corrected chi connectivity index (χ1v) is 6.69. The van der Waals surface area contributed by atoms with Crippen molar-refractivity contribution in [1.82, 2.24) is 4.72 Å². The van der Waals surface area contributed by atoms with Crippen molar-refractivity contribution in [2.24, 2.45) is 0 Å². The number of nitrogens with one attached hydrogen (secondary N) is 1. The Morgan fingerprint density at radius 2 is 2.05 bits per heavy atom. The summed E-state index contributed by atoms with van der Waals surface area (Å²) in [4.78, 5) is 20.4. The topological polar surface area (TPSA) is 125 Å². The number of ether oxygens (including phenoxy) is 2. The van der Waals surface area contributed by atoms with Crippen molar-refractivity contribution in [2.75, 3.05) is 20.8 Å². The monoisotopic (exact) mass is 304 g/mol. The summed E-state index contributed by atoms with van der Waals surface area (Å²) in [5, 5.41) is 10.7. The van der Waals surface area contributed by atoms with E-state index in [0.717, 1.165) is 25.3 Å². The molecule has 0 radical (unpaired) electrons. The van der Waals surface area contributed by atoms with Crippen LogP contribution < -0.4 is 9.46 Å². The summed E-state index contributed by atoms with van der Waals surface area (Å²) < 4.78 is 35.1. The Hall–Kier alpha value is -2.20. The summed E-state index contributed by atoms with van der Waals surface area (Å²) in [6, 6.07) is 3.11. The molecule has 1 N–H and O–H groups in total. The summed E-state index contributed by atoms with van der Waals surface area (Å²) in [7, 11) is -1.82. The van der Waals surface area contributed by atoms with Crippen molar-refractivity contribution < 1.29 is 27.6 Å². The molecule has 1 aromatic carbocycles. The van der Waals surface area contributed by atoms with Crippen LogP contribution in [0, 0.1) is 10.1 Å². The third kappa shape index (κ3) is 3.65. The maximum absolute atomic E-state index is 12.0. The molecule has 0 aliphatic carbocycles. The molecule has 0 spiro atoms. The van der Waals surface area contributed by atoms with Crippen LogP contribution in [0.3, 0.4) is 0 Å². The van der Waals surface area contributed by atoms with E-state index in [4.69, 9.17) is 4.74 Å². The number of hydrogen-bond acceptors (Lipinski definition) is 7. The van der Waals surface area contributed by atoms with Crippen LogP contribution in [-0.2, 0) is 19.6 Å². The van der Waals surface area contributed by atoms with Gasteiger partial charge in [-0.25, -0.2) is 8.42 Å². The van der Waals surface area contributed by atoms with Crippen LogP contribution in [-0.4, -0.2) is 40.1 Å². The molecule has 1 aromatic rings. The number of rotatable bonds is 6. The Kier molecular flexibility index (Phi) is 5.00. The molecule has 0 saturated carbocycles. The number of non-ortho nitro benzene ring substituents is 1. The van der Waals surface area contributed by atoms with Crippen molar-refractivity contribution >= 4 is 21.7 Å². The van der Waals surface area contributed by atoms with Crippen LogP contribution in [0.15, 0.2) is 23.1 Å². The minimum atomic E-state index is -4.14. The Morgan fingerprint density at radius 1 is 1.40 bits per heavy atom. The first-order valence-electron chi connectivity index (χ1n) is 5.20. The number of benzene rings is 1. The van der Waals surface area contributed by atoms with E-state index >= 15 is 0 Å². The molecule has 0 saturated heterocycles. The van der Waals surface area contributed by atoms with Crippen molar-refractivity contribution in [2.45, 2.75) is 4.90 Å². The van der Waals surface area contributed by atoms with Gasteiger partial charge in [0.15, 0.2) is 0 Å². The van der Waals surface area contributed by atoms with Crippen molar-refractivity contribution in [3.63, 3.8) is 0 Å². The van der Waals surface area contributed by atoms with Gasteiger partial charge < -0.3 is 9.47 Å². The largest absolute Gasteiger partial charge is 0.495 e. The molecule has 9 nitrogen and oxygen atoms in total. The number of nitrogens with zero attached hydrogens (tertiary/aromatic N) is 1. The number of carbonyl (C=O) groups excluding carboxylic acids is 1. The third-order valence-electron chi connectivity index (χ3n) is 2.28. The minimum Gasteiger partial charge on any atom is -0.495 e. The molecule has 0 unspecified atom stereocenters. The predicted molar refractivity (Wildman–Crippen MR) is 66.9 cm³/mol. The lowest BCUT2D eigenvalue weighted by Crippen LogP contribution is -2.30. The molecule has 0 aliphatic heterocycles. The molecular formula is C10H12N2O7S. The summed E-state index contributed by atoms with van der Waals surface area (Å²) in [5.74, 6) is -0.870. The Balaban J connectivity index is 3.18. The highest BCUT2D eigenvalue weighted by atomic mass is 32.2. The van der Waals surface area contributed by atoms with Gasteiger partial charge in [0, 0.05) is 12.1 Å². The highest BCUT2D eigenvalue weighted by Crippen LogP contribution is 2.27. The number of nitro benzene ring substituents is 1. The highest BCUT2D eigenvalue weighted by Gasteiger charge is 2.23. The zero-order valence-electron chi connectivity index (χ0n) is 10.7. The number of hydrogen-bond donors (Lipinski definition) is 1. The Bertz CT molecular complexity index is 626. The van der Waals surface area contributed by atoms with E-state index in [2.05, 4.69) is 4.74 Å². The van der Waals surface area contributed by atoms with Crippen molar-refractivity contribution in [3.8, 4) is 5.75 Å². The van der Waals surface area contributed by atoms with E-state index in [1.807, 2.05) is 4.72 Å². The number of carbonyl (C=O) groups is 1. The van der Waals surface area contributed by atoms with E-state index in [-0.39, 0.29) is 5.75 Å². The lowest BCUT2D eigenvalue weighted by Gasteiger charge is -2.09. The summed E-state index contributed by atoms with van der Waals surface area (Å²) in [6.07, 6.45) is 0. The zero-order valence-corrected chi connectivity index (χ0v) is 11.5. The maximum Gasteiger partial charge on any atom is 0.320 e. The van der Waals surface area contributed by atoms with Crippen LogP contribution in [0.25, 0.3) is 0 Å². The second-order valence-corrected chi connectivity index (χ2v) is 5.23. The van der Waals surface area contributed by atoms with Crippen LogP contribution in [0.5, 0.6) is 5.75 Å². The van der Waals surface area contributed by atoms with Crippen molar-refractivity contribution in [3.05, 3.63) is 28.3 Å². The van der Waals surface area contributed by atoms with Gasteiger partial charge in [-0.15, -0.1) is 0 Å². The van der Waals surface area contributed by atoms with E-state index in [9.17, 15) is 23.3 Å². The molecule has 20 heavy (non-hydrogen) atoms. The normalized spacial score (nSPS) is 10.9. The van der Waals surface area contributed by atoms with Gasteiger partial charge in [-0.05, 0) is 6.07 Å². The number of sulfonamides is 1. The van der Waals surface area contributed by atoms with Crippen LogP contribution in [0.2, 0.25) is 0 Å². The Labute approximate surface area is 114 Å². The molecular weight excluding hydrogens is 292 g/mol. The fourth-order valence-corrected chi connectivity index (χ4v) is 2.45. The SMILES string of the molecule is COC(=O)CNS(=O)(=O)c1cc([N+](=O)[O-])ccc1OC. The number of esters is 1. The quantitative estimate of drug-likeness (QED) is 0.447. The molecule has 0 bridgehead atoms. The zero-order chi connectivity index (χ0) is 15.3. The van der Waals surface area contributed by atoms with Gasteiger partial charge in [-0.2, -0.15) is 4.72 Å². The molecule has 10 heteroatoms. The molecule has 0 heterocycles. The van der Waals surface area contributed by atoms with Crippen molar-refractivity contribution in [1.29, 1.82) is 0 Å². The third-order valence-corrected chi connectivity index (χ3v) is 3.70. The fourth-order valence-electron chi connectivity index (χ4n) is 1.29. The second kappa shape index (κ2) is 6.30.